The normalized spacial score (nSPS) is 17.4. The monoisotopic (exact) mass is 322 g/mol. The van der Waals surface area contributed by atoms with Gasteiger partial charge in [0, 0.05) is 11.7 Å². The third-order valence-electron chi connectivity index (χ3n) is 4.39. The van der Waals surface area contributed by atoms with Gasteiger partial charge >= 0.3 is 0 Å². The molecule has 1 aliphatic carbocycles. The molecule has 0 radical (unpaired) electrons. The van der Waals surface area contributed by atoms with Crippen molar-refractivity contribution >= 4 is 23.2 Å². The predicted molar refractivity (Wildman–Crippen MR) is 93.8 cm³/mol. The number of fused-ring (bicyclic) bond motifs is 1. The number of carbonyl (C=O) groups excluding carboxylic acids is 1. The summed E-state index contributed by atoms with van der Waals surface area (Å²) in [5.41, 5.74) is 3.62. The van der Waals surface area contributed by atoms with Crippen LogP contribution in [0.5, 0.6) is 0 Å². The summed E-state index contributed by atoms with van der Waals surface area (Å²) in [5.74, 6) is -0.122. The number of alkyl halides is 1. The van der Waals surface area contributed by atoms with Crippen LogP contribution in [0.4, 0.5) is 5.69 Å². The molecule has 0 spiro atoms. The lowest BCUT2D eigenvalue weighted by Crippen LogP contribution is -2.40. The average Bonchev–Trinajstić information content (AvgIpc) is 2.54. The lowest BCUT2D eigenvalue weighted by atomic mass is 9.86. The van der Waals surface area contributed by atoms with Gasteiger partial charge in [0.1, 0.15) is 5.88 Å². The Morgan fingerprint density at radius 1 is 1.32 bits per heavy atom. The molecule has 2 rings (SSSR count). The van der Waals surface area contributed by atoms with Crippen molar-refractivity contribution in [1.29, 1.82) is 0 Å². The van der Waals surface area contributed by atoms with Crippen LogP contribution >= 0.6 is 11.6 Å². The van der Waals surface area contributed by atoms with Gasteiger partial charge in [0.05, 0.1) is 0 Å². The van der Waals surface area contributed by atoms with Gasteiger partial charge in [-0.05, 0) is 62.4 Å². The molecule has 122 valence electrons. The fourth-order valence-corrected chi connectivity index (χ4v) is 3.52. The van der Waals surface area contributed by atoms with Gasteiger partial charge in [-0.25, -0.2) is 0 Å². The molecule has 0 aliphatic heterocycles. The van der Waals surface area contributed by atoms with E-state index >= 15 is 0 Å². The predicted octanol–water partition coefficient (Wildman–Crippen LogP) is 3.84. The van der Waals surface area contributed by atoms with E-state index in [0.717, 1.165) is 18.5 Å². The van der Waals surface area contributed by atoms with Crippen molar-refractivity contribution in [3.8, 4) is 0 Å². The molecule has 1 N–H and O–H groups in total. The maximum atomic E-state index is 11.6. The van der Waals surface area contributed by atoms with E-state index in [2.05, 4.69) is 30.1 Å². The quantitative estimate of drug-likeness (QED) is 0.773. The van der Waals surface area contributed by atoms with Crippen molar-refractivity contribution in [3.05, 3.63) is 29.3 Å². The van der Waals surface area contributed by atoms with E-state index in [0.29, 0.717) is 6.04 Å². The lowest BCUT2D eigenvalue weighted by Gasteiger charge is -2.35. The second kappa shape index (κ2) is 8.54. The van der Waals surface area contributed by atoms with Gasteiger partial charge in [0.15, 0.2) is 0 Å². The van der Waals surface area contributed by atoms with Gasteiger partial charge in [-0.1, -0.05) is 26.0 Å². The minimum absolute atomic E-state index is 0.00701. The summed E-state index contributed by atoms with van der Waals surface area (Å²) >= 11 is 5.60. The Hall–Kier alpha value is -1.06. The van der Waals surface area contributed by atoms with Crippen LogP contribution in [0.25, 0.3) is 0 Å². The van der Waals surface area contributed by atoms with Crippen LogP contribution in [0.15, 0.2) is 18.2 Å². The summed E-state index contributed by atoms with van der Waals surface area (Å²) in [6, 6.07) is 6.86. The van der Waals surface area contributed by atoms with E-state index < -0.39 is 0 Å². The highest BCUT2D eigenvalue weighted by Gasteiger charge is 2.25. The average molecular weight is 323 g/mol. The molecule has 1 aliphatic rings. The van der Waals surface area contributed by atoms with Crippen LogP contribution in [0, 0.1) is 0 Å². The summed E-state index contributed by atoms with van der Waals surface area (Å²) in [6.07, 6.45) is 5.69. The standard InChI is InChI=1S/C18H27ClN2O/c1-3-10-21(11-4-2)15-8-9-16-14(12-15)6-5-7-17(16)20-18(22)13-19/h5-7,15H,3-4,8-13H2,1-2H3,(H,20,22). The number of hydrogen-bond donors (Lipinski definition) is 1. The maximum absolute atomic E-state index is 11.6. The lowest BCUT2D eigenvalue weighted by molar-refractivity contribution is -0.113. The number of carbonyl (C=O) groups is 1. The van der Waals surface area contributed by atoms with Crippen molar-refractivity contribution < 1.29 is 4.79 Å². The zero-order chi connectivity index (χ0) is 15.9. The molecular weight excluding hydrogens is 296 g/mol. The Morgan fingerprint density at radius 3 is 2.68 bits per heavy atom. The van der Waals surface area contributed by atoms with E-state index in [9.17, 15) is 4.79 Å². The topological polar surface area (TPSA) is 32.3 Å². The molecule has 3 nitrogen and oxygen atoms in total. The number of nitrogens with one attached hydrogen (secondary N) is 1. The van der Waals surface area contributed by atoms with Crippen LogP contribution in [-0.4, -0.2) is 35.8 Å². The molecule has 0 heterocycles. The van der Waals surface area contributed by atoms with Gasteiger partial charge in [-0.15, -0.1) is 11.6 Å². The van der Waals surface area contributed by atoms with E-state index in [1.54, 1.807) is 0 Å². The smallest absolute Gasteiger partial charge is 0.239 e. The molecule has 0 fully saturated rings. The van der Waals surface area contributed by atoms with Gasteiger partial charge in [0.2, 0.25) is 5.91 Å². The van der Waals surface area contributed by atoms with Crippen molar-refractivity contribution in [2.75, 3.05) is 24.3 Å². The molecule has 0 saturated carbocycles. The summed E-state index contributed by atoms with van der Waals surface area (Å²) in [6.45, 7) is 6.85. The number of benzene rings is 1. The molecule has 1 atom stereocenters. The first-order valence-electron chi connectivity index (χ1n) is 8.40. The second-order valence-corrected chi connectivity index (χ2v) is 6.32. The van der Waals surface area contributed by atoms with Crippen LogP contribution in [-0.2, 0) is 17.6 Å². The van der Waals surface area contributed by atoms with Gasteiger partial charge in [-0.3, -0.25) is 4.79 Å². The number of amides is 1. The molecule has 1 amide bonds. The third-order valence-corrected chi connectivity index (χ3v) is 4.63. The first-order chi connectivity index (χ1) is 10.7. The molecule has 1 unspecified atom stereocenters. The number of rotatable bonds is 7. The van der Waals surface area contributed by atoms with Gasteiger partial charge in [0.25, 0.3) is 0 Å². The number of anilines is 1. The number of nitrogens with zero attached hydrogens (tertiary/aromatic N) is 1. The van der Waals surface area contributed by atoms with Crippen LogP contribution in [0.1, 0.15) is 44.2 Å². The highest BCUT2D eigenvalue weighted by Crippen LogP contribution is 2.30. The number of halogens is 1. The first kappa shape index (κ1) is 17.3. The van der Waals surface area contributed by atoms with E-state index in [1.165, 1.54) is 43.5 Å². The summed E-state index contributed by atoms with van der Waals surface area (Å²) in [7, 11) is 0. The Balaban J connectivity index is 2.13. The zero-order valence-corrected chi connectivity index (χ0v) is 14.5. The van der Waals surface area contributed by atoms with E-state index in [4.69, 9.17) is 11.6 Å². The van der Waals surface area contributed by atoms with Gasteiger partial charge in [-0.2, -0.15) is 0 Å². The second-order valence-electron chi connectivity index (χ2n) is 6.06. The zero-order valence-electron chi connectivity index (χ0n) is 13.7. The van der Waals surface area contributed by atoms with Crippen molar-refractivity contribution in [2.45, 2.75) is 52.0 Å². The molecule has 22 heavy (non-hydrogen) atoms. The summed E-state index contributed by atoms with van der Waals surface area (Å²) in [4.78, 5) is 14.2. The minimum Gasteiger partial charge on any atom is -0.325 e. The van der Waals surface area contributed by atoms with Crippen molar-refractivity contribution in [3.63, 3.8) is 0 Å². The molecule has 0 saturated heterocycles. The minimum atomic E-state index is -0.129. The highest BCUT2D eigenvalue weighted by atomic mass is 35.5. The van der Waals surface area contributed by atoms with Crippen LogP contribution in [0.2, 0.25) is 0 Å². The summed E-state index contributed by atoms with van der Waals surface area (Å²) < 4.78 is 0. The largest absolute Gasteiger partial charge is 0.325 e. The Labute approximate surface area is 139 Å². The molecule has 1 aromatic rings. The maximum Gasteiger partial charge on any atom is 0.239 e. The molecular formula is C18H27ClN2O. The first-order valence-corrected chi connectivity index (χ1v) is 8.93. The summed E-state index contributed by atoms with van der Waals surface area (Å²) in [5, 5.41) is 2.93. The Bertz CT molecular complexity index is 498. The molecule has 1 aromatic carbocycles. The third kappa shape index (κ3) is 4.23. The SMILES string of the molecule is CCCN(CCC)C1CCc2c(cccc2NC(=O)CCl)C1. The fourth-order valence-electron chi connectivity index (χ4n) is 3.45. The van der Waals surface area contributed by atoms with Gasteiger partial charge < -0.3 is 10.2 Å². The fraction of sp³-hybridized carbons (Fsp3) is 0.611. The van der Waals surface area contributed by atoms with Crippen molar-refractivity contribution in [2.24, 2.45) is 0 Å². The molecule has 4 heteroatoms. The van der Waals surface area contributed by atoms with Crippen LogP contribution in [0.3, 0.4) is 0 Å². The highest BCUT2D eigenvalue weighted by molar-refractivity contribution is 6.29. The number of hydrogen-bond acceptors (Lipinski definition) is 2. The molecule has 0 bridgehead atoms. The molecule has 0 aromatic heterocycles. The Kier molecular flexibility index (Phi) is 6.71. The van der Waals surface area contributed by atoms with Crippen molar-refractivity contribution in [1.82, 2.24) is 4.90 Å². The van der Waals surface area contributed by atoms with Crippen LogP contribution < -0.4 is 5.32 Å². The van der Waals surface area contributed by atoms with E-state index in [-0.39, 0.29) is 11.8 Å². The van der Waals surface area contributed by atoms with E-state index in [1.807, 2.05) is 12.1 Å². The Morgan fingerprint density at radius 2 is 2.05 bits per heavy atom.